The fraction of sp³-hybridized carbons (Fsp3) is 0.0435. The van der Waals surface area contributed by atoms with Gasteiger partial charge in [-0.3, -0.25) is 0 Å². The van der Waals surface area contributed by atoms with Gasteiger partial charge in [-0.05, 0) is 91.6 Å². The lowest BCUT2D eigenvalue weighted by Crippen LogP contribution is -2.08. The molecule has 0 bridgehead atoms. The first-order chi connectivity index (χ1) is 23.3. The second kappa shape index (κ2) is 13.6. The molecule has 0 amide bonds. The molecule has 0 saturated carbocycles. The quantitative estimate of drug-likeness (QED) is 0.128. The standard InChI is InChI=1S/C46H37N/c1-3-17-37(33-19-7-5-8-20-33)38-23-11-12-24-39(38)44(18-4-2)47-36-31-29-35(30-32-36)46-42-27-15-13-25-40(42)45(34-21-9-6-10-22-34)41-26-14-16-28-43(41)46/h3-10,13-32,47H,1-2,11-12H2/b37-17+,44-18-. The maximum absolute atomic E-state index is 4.05. The van der Waals surface area contributed by atoms with Crippen molar-refractivity contribution < 1.29 is 0 Å². The first-order valence-corrected chi connectivity index (χ1v) is 16.3. The van der Waals surface area contributed by atoms with Crippen LogP contribution in [0.3, 0.4) is 0 Å². The molecule has 0 heterocycles. The van der Waals surface area contributed by atoms with Gasteiger partial charge in [0.15, 0.2) is 0 Å². The van der Waals surface area contributed by atoms with Crippen molar-refractivity contribution in [3.8, 4) is 22.3 Å². The molecule has 226 valence electrons. The highest BCUT2D eigenvalue weighted by molar-refractivity contribution is 6.21. The predicted molar refractivity (Wildman–Crippen MR) is 204 cm³/mol. The largest absolute Gasteiger partial charge is 0.355 e. The van der Waals surface area contributed by atoms with Gasteiger partial charge in [0.1, 0.15) is 0 Å². The van der Waals surface area contributed by atoms with Gasteiger partial charge < -0.3 is 5.32 Å². The maximum Gasteiger partial charge on any atom is 0.0460 e. The van der Waals surface area contributed by atoms with E-state index >= 15 is 0 Å². The number of hydrogen-bond acceptors (Lipinski definition) is 1. The topological polar surface area (TPSA) is 12.0 Å². The van der Waals surface area contributed by atoms with Crippen molar-refractivity contribution in [2.24, 2.45) is 0 Å². The Hall–Kier alpha value is -5.92. The van der Waals surface area contributed by atoms with E-state index in [1.807, 2.05) is 12.2 Å². The summed E-state index contributed by atoms with van der Waals surface area (Å²) in [5, 5.41) is 8.76. The fourth-order valence-electron chi connectivity index (χ4n) is 6.81. The van der Waals surface area contributed by atoms with Crippen molar-refractivity contribution in [1.29, 1.82) is 0 Å². The summed E-state index contributed by atoms with van der Waals surface area (Å²) >= 11 is 0. The van der Waals surface area contributed by atoms with Gasteiger partial charge in [-0.2, -0.15) is 0 Å². The van der Waals surface area contributed by atoms with E-state index in [-0.39, 0.29) is 0 Å². The third kappa shape index (κ3) is 5.92. The Kier molecular flexibility index (Phi) is 8.62. The lowest BCUT2D eigenvalue weighted by atomic mass is 9.85. The van der Waals surface area contributed by atoms with E-state index in [1.165, 1.54) is 60.5 Å². The Morgan fingerprint density at radius 3 is 1.49 bits per heavy atom. The molecule has 1 aliphatic rings. The van der Waals surface area contributed by atoms with Gasteiger partial charge in [0, 0.05) is 17.0 Å². The smallest absolute Gasteiger partial charge is 0.0460 e. The molecule has 6 aromatic rings. The Labute approximate surface area is 277 Å². The van der Waals surface area contributed by atoms with Crippen molar-refractivity contribution in [1.82, 2.24) is 0 Å². The molecule has 1 aliphatic carbocycles. The van der Waals surface area contributed by atoms with Crippen molar-refractivity contribution in [3.63, 3.8) is 0 Å². The molecule has 1 nitrogen and oxygen atoms in total. The summed E-state index contributed by atoms with van der Waals surface area (Å²) in [6.07, 6.45) is 14.6. The van der Waals surface area contributed by atoms with Crippen LogP contribution in [0.15, 0.2) is 200 Å². The highest BCUT2D eigenvalue weighted by Crippen LogP contribution is 2.44. The fourth-order valence-corrected chi connectivity index (χ4v) is 6.81. The van der Waals surface area contributed by atoms with E-state index in [9.17, 15) is 0 Å². The van der Waals surface area contributed by atoms with Crippen LogP contribution in [0.25, 0.3) is 49.4 Å². The number of fused-ring (bicyclic) bond motifs is 2. The summed E-state index contributed by atoms with van der Waals surface area (Å²) in [5.74, 6) is 0. The maximum atomic E-state index is 4.05. The van der Waals surface area contributed by atoms with Gasteiger partial charge in [0.2, 0.25) is 0 Å². The minimum atomic E-state index is 0.989. The molecule has 0 atom stereocenters. The molecule has 0 unspecified atom stereocenters. The zero-order valence-electron chi connectivity index (χ0n) is 26.5. The Morgan fingerprint density at radius 2 is 0.957 bits per heavy atom. The van der Waals surface area contributed by atoms with E-state index in [0.29, 0.717) is 0 Å². The summed E-state index contributed by atoms with van der Waals surface area (Å²) < 4.78 is 0. The molecule has 7 rings (SSSR count). The molecule has 0 fully saturated rings. The van der Waals surface area contributed by atoms with Gasteiger partial charge in [0.05, 0.1) is 0 Å². The summed E-state index contributed by atoms with van der Waals surface area (Å²) in [6.45, 7) is 8.06. The molecule has 0 aliphatic heterocycles. The highest BCUT2D eigenvalue weighted by atomic mass is 14.9. The third-order valence-electron chi connectivity index (χ3n) is 8.83. The van der Waals surface area contributed by atoms with E-state index in [4.69, 9.17) is 0 Å². The van der Waals surface area contributed by atoms with Crippen molar-refractivity contribution in [2.45, 2.75) is 12.8 Å². The SMILES string of the molecule is C=C/C=C(\Nc1ccc(-c2c3ccccc3c(-c3ccccc3)c3ccccc23)cc1)C1=CCCC=C1/C(=C/C=C)c1ccccc1. The van der Waals surface area contributed by atoms with Crippen LogP contribution < -0.4 is 5.32 Å². The Bertz CT molecular complexity index is 2150. The van der Waals surface area contributed by atoms with Gasteiger partial charge in [0.25, 0.3) is 0 Å². The monoisotopic (exact) mass is 603 g/mol. The van der Waals surface area contributed by atoms with E-state index in [1.54, 1.807) is 0 Å². The Morgan fingerprint density at radius 1 is 0.489 bits per heavy atom. The molecule has 0 saturated heterocycles. The van der Waals surface area contributed by atoms with Crippen LogP contribution in [0, 0.1) is 0 Å². The van der Waals surface area contributed by atoms with Crippen molar-refractivity contribution in [2.75, 3.05) is 5.32 Å². The zero-order valence-corrected chi connectivity index (χ0v) is 26.5. The number of anilines is 1. The first kappa shape index (κ1) is 29.8. The first-order valence-electron chi connectivity index (χ1n) is 16.3. The average Bonchev–Trinajstić information content (AvgIpc) is 3.14. The third-order valence-corrected chi connectivity index (χ3v) is 8.83. The molecule has 6 aromatic carbocycles. The number of rotatable bonds is 9. The molecule has 1 N–H and O–H groups in total. The number of hydrogen-bond donors (Lipinski definition) is 1. The van der Waals surface area contributed by atoms with Gasteiger partial charge in [-0.1, -0.05) is 165 Å². The summed E-state index contributed by atoms with van der Waals surface area (Å²) in [4.78, 5) is 0. The molecular formula is C46H37N. The molecule has 0 spiro atoms. The van der Waals surface area contributed by atoms with Crippen LogP contribution in [0.2, 0.25) is 0 Å². The molecule has 0 aromatic heterocycles. The minimum absolute atomic E-state index is 0.989. The summed E-state index contributed by atoms with van der Waals surface area (Å²) in [7, 11) is 0. The Balaban J connectivity index is 1.27. The number of benzene rings is 6. The van der Waals surface area contributed by atoms with E-state index < -0.39 is 0 Å². The molecular weight excluding hydrogens is 567 g/mol. The number of allylic oxidation sites excluding steroid dienone is 8. The molecule has 47 heavy (non-hydrogen) atoms. The van der Waals surface area contributed by atoms with Crippen molar-refractivity contribution >= 4 is 32.8 Å². The van der Waals surface area contributed by atoms with Crippen LogP contribution in [-0.4, -0.2) is 0 Å². The number of nitrogens with one attached hydrogen (secondary N) is 1. The highest BCUT2D eigenvalue weighted by Gasteiger charge is 2.19. The molecule has 0 radical (unpaired) electrons. The molecule has 1 heteroatoms. The minimum Gasteiger partial charge on any atom is -0.355 e. The van der Waals surface area contributed by atoms with Crippen molar-refractivity contribution in [3.05, 3.63) is 205 Å². The van der Waals surface area contributed by atoms with E-state index in [2.05, 4.69) is 176 Å². The second-order valence-corrected chi connectivity index (χ2v) is 11.7. The van der Waals surface area contributed by atoms with Crippen LogP contribution in [0.5, 0.6) is 0 Å². The second-order valence-electron chi connectivity index (χ2n) is 11.7. The van der Waals surface area contributed by atoms with Gasteiger partial charge in [-0.25, -0.2) is 0 Å². The van der Waals surface area contributed by atoms with Gasteiger partial charge >= 0.3 is 0 Å². The summed E-state index contributed by atoms with van der Waals surface area (Å²) in [6, 6.07) is 47.7. The van der Waals surface area contributed by atoms with E-state index in [0.717, 1.165) is 29.8 Å². The zero-order chi connectivity index (χ0) is 32.0. The van der Waals surface area contributed by atoms with Crippen LogP contribution in [0.1, 0.15) is 18.4 Å². The van der Waals surface area contributed by atoms with Crippen LogP contribution in [0.4, 0.5) is 5.69 Å². The predicted octanol–water partition coefficient (Wildman–Crippen LogP) is 12.7. The van der Waals surface area contributed by atoms with Crippen LogP contribution >= 0.6 is 0 Å². The lowest BCUT2D eigenvalue weighted by Gasteiger charge is -2.23. The summed E-state index contributed by atoms with van der Waals surface area (Å²) in [5.41, 5.74) is 11.7. The average molecular weight is 604 g/mol. The van der Waals surface area contributed by atoms with Crippen LogP contribution in [-0.2, 0) is 0 Å². The normalized spacial score (nSPS) is 13.6. The van der Waals surface area contributed by atoms with Gasteiger partial charge in [-0.15, -0.1) is 0 Å². The lowest BCUT2D eigenvalue weighted by molar-refractivity contribution is 1.01.